The molecule has 2 aromatic rings. The van der Waals surface area contributed by atoms with E-state index in [2.05, 4.69) is 10.3 Å². The van der Waals surface area contributed by atoms with Gasteiger partial charge in [0.05, 0.1) is 30.1 Å². The summed E-state index contributed by atoms with van der Waals surface area (Å²) in [6, 6.07) is 0.417. The third kappa shape index (κ3) is 14.0. The molecule has 5 saturated heterocycles. The van der Waals surface area contributed by atoms with Crippen molar-refractivity contribution in [3.63, 3.8) is 0 Å². The zero-order valence-electron chi connectivity index (χ0n) is 53.8. The maximum Gasteiger partial charge on any atom is 0.472 e. The third-order valence-electron chi connectivity index (χ3n) is 21.2. The fourth-order valence-electron chi connectivity index (χ4n) is 16.1. The van der Waals surface area contributed by atoms with Crippen LogP contribution in [0.2, 0.25) is 0 Å². The van der Waals surface area contributed by atoms with Gasteiger partial charge in [0, 0.05) is 71.0 Å². The molecular weight excluding hydrogens is 1280 g/mol. The topological polar surface area (TPSA) is 467 Å². The van der Waals surface area contributed by atoms with Crippen molar-refractivity contribution in [2.45, 2.75) is 207 Å². The van der Waals surface area contributed by atoms with Crippen LogP contribution in [0, 0.1) is 59.2 Å². The monoisotopic (exact) mass is 1380 g/mol. The number of nitrogens with zero attached hydrogens (tertiary/aromatic N) is 6. The van der Waals surface area contributed by atoms with Crippen LogP contribution in [0.5, 0.6) is 0 Å². The molecule has 6 aliphatic heterocycles. The minimum absolute atomic E-state index is 0. The summed E-state index contributed by atoms with van der Waals surface area (Å²) < 4.78 is 32.3. The number of aliphatic hydroxyl groups excluding tert-OH is 2. The van der Waals surface area contributed by atoms with E-state index in [1.165, 1.54) is 13.3 Å². The first-order valence-electron chi connectivity index (χ1n) is 30.9. The molecule has 507 valence electrons. The van der Waals surface area contributed by atoms with Crippen molar-refractivity contribution in [3.8, 4) is 0 Å². The molecule has 0 aliphatic carbocycles. The molecule has 8 rings (SSSR count). The molecule has 27 nitrogen and oxygen atoms in total. The number of aromatic nitrogens is 2. The minimum atomic E-state index is -5.06. The number of carbonyl (C=O) groups is 7. The van der Waals surface area contributed by atoms with Crippen molar-refractivity contribution in [3.05, 3.63) is 85.2 Å². The van der Waals surface area contributed by atoms with Gasteiger partial charge in [-0.3, -0.25) is 42.6 Å². The fraction of sp³-hybridized carbons (Fsp3) is 0.677. The van der Waals surface area contributed by atoms with E-state index in [0.29, 0.717) is 39.3 Å². The summed E-state index contributed by atoms with van der Waals surface area (Å²) in [5.41, 5.74) is 36.2. The van der Waals surface area contributed by atoms with Gasteiger partial charge >= 0.3 is 7.82 Å². The van der Waals surface area contributed by atoms with Gasteiger partial charge in [-0.05, 0) is 129 Å². The van der Waals surface area contributed by atoms with E-state index in [-0.39, 0.29) is 96.7 Å². The number of hydrogen-bond donors (Lipinski definition) is 10. The number of fused-ring (bicyclic) bond motifs is 10. The number of aliphatic hydroxyl groups is 2. The number of primary amides is 6. The van der Waals surface area contributed by atoms with Gasteiger partial charge < -0.3 is 85.4 Å². The number of allylic oxidation sites excluding steroid dienone is 3. The first kappa shape index (κ1) is 72.6. The Morgan fingerprint density at radius 3 is 1.90 bits per heavy atom. The molecule has 1 radical (unpaired) electrons. The summed E-state index contributed by atoms with van der Waals surface area (Å²) in [6.45, 7) is 19.5. The number of phosphoric ester groups is 1. The predicted octanol–water partition coefficient (Wildman–Crippen LogP) is 4.85. The van der Waals surface area contributed by atoms with Gasteiger partial charge in [-0.2, -0.15) is 17.1 Å². The molecular formula is C62H92N13O14PRh-4. The molecule has 0 spiro atoms. The van der Waals surface area contributed by atoms with Crippen LogP contribution < -0.4 is 39.7 Å². The van der Waals surface area contributed by atoms with E-state index in [0.717, 1.165) is 11.1 Å². The summed E-state index contributed by atoms with van der Waals surface area (Å²) in [5, 5.41) is 46.9. The van der Waals surface area contributed by atoms with E-state index in [1.54, 1.807) is 4.57 Å². The number of benzene rings is 1. The Kier molecular flexibility index (Phi) is 21.7. The van der Waals surface area contributed by atoms with Gasteiger partial charge in [0.2, 0.25) is 41.4 Å². The van der Waals surface area contributed by atoms with Gasteiger partial charge in [-0.15, -0.1) is 34.8 Å². The molecule has 0 saturated carbocycles. The van der Waals surface area contributed by atoms with Crippen molar-refractivity contribution in [2.24, 2.45) is 79.7 Å². The Balaban J connectivity index is 0.0000118. The Morgan fingerprint density at radius 2 is 1.32 bits per heavy atom. The smallest absolute Gasteiger partial charge is 0.472 e. The molecule has 4 unspecified atom stereocenters. The normalized spacial score (nSPS) is 36.3. The average molecular weight is 1380 g/mol. The second-order valence-corrected chi connectivity index (χ2v) is 28.9. The molecule has 29 heteroatoms. The van der Waals surface area contributed by atoms with Gasteiger partial charge in [-0.1, -0.05) is 53.6 Å². The number of ether oxygens (including phenoxy) is 1. The summed E-state index contributed by atoms with van der Waals surface area (Å²) in [4.78, 5) is 109. The maximum atomic E-state index is 14.4. The van der Waals surface area contributed by atoms with Crippen molar-refractivity contribution < 1.29 is 86.5 Å². The number of nitrogens with one attached hydrogen (secondary N) is 1. The van der Waals surface area contributed by atoms with E-state index in [9.17, 15) is 53.2 Å². The molecule has 8 bridgehead atoms. The molecule has 16 N–H and O–H groups in total. The zero-order chi connectivity index (χ0) is 66.7. The number of hydrogen-bond acceptors (Lipinski definition) is 14. The second-order valence-electron chi connectivity index (χ2n) is 27.5. The van der Waals surface area contributed by atoms with Crippen molar-refractivity contribution in [2.75, 3.05) is 13.2 Å². The van der Waals surface area contributed by atoms with Crippen LogP contribution in [0.4, 0.5) is 0 Å². The number of nitrogens with two attached hydrogens (primary N) is 6. The average Bonchev–Trinajstić information content (AvgIpc) is 1.53. The molecule has 1 aromatic heterocycles. The number of aryl methyl sites for hydroxylation is 2. The van der Waals surface area contributed by atoms with E-state index >= 15 is 0 Å². The van der Waals surface area contributed by atoms with Crippen molar-refractivity contribution in [1.82, 2.24) is 14.9 Å². The van der Waals surface area contributed by atoms with Gasteiger partial charge in [0.15, 0.2) is 6.23 Å². The van der Waals surface area contributed by atoms with E-state index < -0.39 is 161 Å². The maximum absolute atomic E-state index is 14.4. The Hall–Kier alpha value is -5.83. The molecule has 18 atom stereocenters. The number of rotatable bonds is 26. The summed E-state index contributed by atoms with van der Waals surface area (Å²) >= 11 is 0. The summed E-state index contributed by atoms with van der Waals surface area (Å²) in [5.74, 6) is -6.86. The van der Waals surface area contributed by atoms with Crippen LogP contribution >= 0.6 is 7.82 Å². The number of phosphoric acid groups is 1. The summed E-state index contributed by atoms with van der Waals surface area (Å²) in [6.07, 6.45) is -3.96. The molecule has 1 aromatic carbocycles. The van der Waals surface area contributed by atoms with Gasteiger partial charge in [-0.25, -0.2) is 9.55 Å². The van der Waals surface area contributed by atoms with Crippen molar-refractivity contribution in [1.29, 1.82) is 0 Å². The molecule has 5 fully saturated rings. The van der Waals surface area contributed by atoms with Crippen LogP contribution in [0.1, 0.15) is 150 Å². The number of amides is 7. The quantitative estimate of drug-likeness (QED) is 0.0445. The van der Waals surface area contributed by atoms with Crippen LogP contribution in [-0.4, -0.2) is 133 Å². The third-order valence-corrected chi connectivity index (χ3v) is 22.3. The fourth-order valence-corrected chi connectivity index (χ4v) is 17.3. The minimum Gasteiger partial charge on any atom is -0.685 e. The van der Waals surface area contributed by atoms with Crippen LogP contribution in [0.3, 0.4) is 0 Å². The molecule has 7 amide bonds. The zero-order valence-corrected chi connectivity index (χ0v) is 56.3. The summed E-state index contributed by atoms with van der Waals surface area (Å²) in [7, 11) is -5.06. The van der Waals surface area contributed by atoms with E-state index in [1.807, 2.05) is 87.4 Å². The molecule has 6 aliphatic rings. The molecule has 91 heavy (non-hydrogen) atoms. The Labute approximate surface area is 544 Å². The molecule has 7 heterocycles. The Morgan fingerprint density at radius 1 is 0.747 bits per heavy atom. The Bertz CT molecular complexity index is 3340. The van der Waals surface area contributed by atoms with Gasteiger partial charge in [0.1, 0.15) is 18.3 Å². The second kappa shape index (κ2) is 27.3. The van der Waals surface area contributed by atoms with Gasteiger partial charge in [0.25, 0.3) is 0 Å². The standard InChI is InChI=1S/C62H92N13O14P.Rh/c1-29-20-39-40(21-30(29)2)75(28-70-39)57-52(84)53(41(27-76)87-57)89-90(85,86)88-31(3)26-69-49(83)18-19-59(8)37(22-46(66)80)56-62(11)61(10,25-48(68)82)36(14-17-45(65)79)51(74-62)33(5)55-60(9,24-47(67)81)34(12-15-43(63)77)38(71-55)23-42-58(6,7)35(13-16-44(64)78)50(72-42)32(4)54(59)73-56;/h20-21,23,28,31,34-38,41,50-53,56-57,76,84H,12-19,22,24-27H2,1-11H3,(H2,63,77)(H2,64,78)(H2,65,79)(H2,66,80)(H2,67,81)(H2,68,82)(H,69,83)(H,85,86);/q-4;/b42-23-,54-32-,55-33-;/t31-,34-,35-,36-,37+,38?,41-,50?,51?,52-,53-,56-,57+,59-,60+,61+,62+;/m1./s1. The van der Waals surface area contributed by atoms with Crippen LogP contribution in [0.25, 0.3) is 32.3 Å². The number of imidazole rings is 1. The largest absolute Gasteiger partial charge is 0.685 e. The van der Waals surface area contributed by atoms with E-state index in [4.69, 9.17) is 69.5 Å². The van der Waals surface area contributed by atoms with Crippen molar-refractivity contribution >= 4 is 60.2 Å². The number of carbonyl (C=O) groups excluding carboxylic acids is 7. The first-order chi connectivity index (χ1) is 41.8. The van der Waals surface area contributed by atoms with Crippen LogP contribution in [0.15, 0.2) is 52.8 Å². The first-order valence-corrected chi connectivity index (χ1v) is 32.4. The van der Waals surface area contributed by atoms with Crippen LogP contribution in [-0.2, 0) is 71.4 Å². The SMILES string of the molecule is C/C1=C2/[N-][C@H]([C@H](CC(N)=O)[C@@]2(C)CCC(=O)NC[C@@H](C)OP(=O)(O)O[C@H]2[C@@H](O)[C@@H](n3cnc4cc(C)c(C)cc43)O[C@@H]2CO)[C@]2(C)[N-]C(/C(C)=C3\[N-]C(/C=C4\[N-]C1[C@@H](CCC(N)=O)C4(C)C)[C@@H](CCC(N)=O)[C@]3(C)CC(N)=O)[C@@H](CCC(N)=O)[C@]2(C)CC(N)=O.[Rh]. The predicted molar refractivity (Wildman–Crippen MR) is 333 cm³/mol.